The lowest BCUT2D eigenvalue weighted by molar-refractivity contribution is 0.636. The molecular formula is C13H22FN3. The fraction of sp³-hybridized carbons (Fsp3) is 0.308. The van der Waals surface area contributed by atoms with Gasteiger partial charge in [0.25, 0.3) is 0 Å². The summed E-state index contributed by atoms with van der Waals surface area (Å²) in [6.45, 7) is 5.73. The molecule has 0 radical (unpaired) electrons. The molecule has 17 heavy (non-hydrogen) atoms. The summed E-state index contributed by atoms with van der Waals surface area (Å²) in [6, 6.07) is 9.67. The Morgan fingerprint density at radius 1 is 1.18 bits per heavy atom. The van der Waals surface area contributed by atoms with Gasteiger partial charge in [-0.3, -0.25) is 4.39 Å². The molecule has 0 aromatic heterocycles. The van der Waals surface area contributed by atoms with Crippen molar-refractivity contribution in [1.29, 1.82) is 0 Å². The van der Waals surface area contributed by atoms with Gasteiger partial charge in [0, 0.05) is 11.8 Å². The molecule has 0 aliphatic rings. The van der Waals surface area contributed by atoms with E-state index in [2.05, 4.69) is 4.99 Å². The van der Waals surface area contributed by atoms with Gasteiger partial charge in [-0.15, -0.1) is 0 Å². The van der Waals surface area contributed by atoms with Crippen molar-refractivity contribution in [2.45, 2.75) is 20.8 Å². The maximum Gasteiger partial charge on any atom is 0.0965 e. The molecule has 0 unspecified atom stereocenters. The van der Waals surface area contributed by atoms with E-state index in [1.807, 2.05) is 44.2 Å². The minimum atomic E-state index is 0.500. The zero-order valence-electron chi connectivity index (χ0n) is 10.9. The van der Waals surface area contributed by atoms with Gasteiger partial charge < -0.3 is 11.5 Å². The van der Waals surface area contributed by atoms with Crippen LogP contribution in [-0.4, -0.2) is 13.0 Å². The minimum absolute atomic E-state index is 0.500. The Morgan fingerprint density at radius 3 is 2.00 bits per heavy atom. The molecule has 1 aromatic carbocycles. The van der Waals surface area contributed by atoms with E-state index in [1.165, 1.54) is 6.20 Å². The van der Waals surface area contributed by atoms with Gasteiger partial charge in [0.1, 0.15) is 0 Å². The van der Waals surface area contributed by atoms with E-state index in [0.29, 0.717) is 18.7 Å². The summed E-state index contributed by atoms with van der Waals surface area (Å²) in [5.74, 6) is 0.501. The van der Waals surface area contributed by atoms with Crippen molar-refractivity contribution in [3.8, 4) is 0 Å². The van der Waals surface area contributed by atoms with Gasteiger partial charge in [-0.25, -0.2) is 4.99 Å². The predicted molar refractivity (Wildman–Crippen MR) is 74.3 cm³/mol. The lowest BCUT2D eigenvalue weighted by atomic mass is 10.2. The molecule has 0 fully saturated rings. The number of hydrogen-bond donors (Lipinski definition) is 2. The monoisotopic (exact) mass is 239 g/mol. The second kappa shape index (κ2) is 12.2. The summed E-state index contributed by atoms with van der Waals surface area (Å²) in [6.07, 6.45) is 1.45. The first kappa shape index (κ1) is 17.6. The van der Waals surface area contributed by atoms with E-state index in [4.69, 9.17) is 11.5 Å². The molecule has 0 aliphatic carbocycles. The average Bonchev–Trinajstić information content (AvgIpc) is 2.41. The van der Waals surface area contributed by atoms with Gasteiger partial charge in [-0.2, -0.15) is 0 Å². The second-order valence-electron chi connectivity index (χ2n) is 2.67. The fourth-order valence-electron chi connectivity index (χ4n) is 0.997. The number of rotatable bonds is 2. The van der Waals surface area contributed by atoms with Gasteiger partial charge >= 0.3 is 0 Å². The Morgan fingerprint density at radius 2 is 1.65 bits per heavy atom. The number of alkyl halides is 1. The van der Waals surface area contributed by atoms with Crippen molar-refractivity contribution < 1.29 is 4.39 Å². The van der Waals surface area contributed by atoms with E-state index in [9.17, 15) is 4.39 Å². The molecule has 0 saturated heterocycles. The van der Waals surface area contributed by atoms with Crippen LogP contribution in [-0.2, 0) is 0 Å². The molecule has 0 aliphatic heterocycles. The minimum Gasteiger partial charge on any atom is -0.403 e. The van der Waals surface area contributed by atoms with E-state index >= 15 is 0 Å². The molecule has 1 rings (SSSR count). The number of halogens is 1. The van der Waals surface area contributed by atoms with Crippen LogP contribution in [0.3, 0.4) is 0 Å². The number of amidine groups is 1. The maximum atomic E-state index is 9.50. The number of aliphatic imine (C=N–C) groups is 1. The third-order valence-corrected chi connectivity index (χ3v) is 1.52. The second-order valence-corrected chi connectivity index (χ2v) is 2.67. The first-order chi connectivity index (χ1) is 8.24. The van der Waals surface area contributed by atoms with Crippen LogP contribution in [0.2, 0.25) is 0 Å². The highest BCUT2D eigenvalue weighted by molar-refractivity contribution is 5.84. The Bertz CT molecular complexity index is 328. The summed E-state index contributed by atoms with van der Waals surface area (Å²) < 4.78 is 9.50. The standard InChI is InChI=1S/C10H13N3.C2H6.CH3F/c1-8(12)13-10(7-11)9-5-3-2-4-6-9;2*1-2/h2-7H,11H2,1H3,(H2,12,13);1-2H3;1H3/b10-7-;;. The molecular weight excluding hydrogens is 217 g/mol. The summed E-state index contributed by atoms with van der Waals surface area (Å²) in [5, 5.41) is 0. The van der Waals surface area contributed by atoms with Crippen molar-refractivity contribution in [3.63, 3.8) is 0 Å². The Balaban J connectivity index is 0. The molecule has 0 saturated carbocycles. The normalized spacial score (nSPS) is 10.6. The van der Waals surface area contributed by atoms with Gasteiger partial charge in [-0.05, 0) is 6.92 Å². The predicted octanol–water partition coefficient (Wildman–Crippen LogP) is 2.93. The highest BCUT2D eigenvalue weighted by atomic mass is 19.1. The fourth-order valence-corrected chi connectivity index (χ4v) is 0.997. The molecule has 4 N–H and O–H groups in total. The van der Waals surface area contributed by atoms with Crippen LogP contribution >= 0.6 is 0 Å². The third kappa shape index (κ3) is 8.02. The largest absolute Gasteiger partial charge is 0.403 e. The van der Waals surface area contributed by atoms with Gasteiger partial charge in [0.05, 0.1) is 18.7 Å². The quantitative estimate of drug-likeness (QED) is 0.615. The van der Waals surface area contributed by atoms with Crippen molar-refractivity contribution in [2.75, 3.05) is 7.18 Å². The summed E-state index contributed by atoms with van der Waals surface area (Å²) >= 11 is 0. The van der Waals surface area contributed by atoms with Crippen molar-refractivity contribution in [2.24, 2.45) is 16.5 Å². The van der Waals surface area contributed by atoms with Crippen LogP contribution in [0.25, 0.3) is 5.70 Å². The molecule has 3 nitrogen and oxygen atoms in total. The first-order valence-electron chi connectivity index (χ1n) is 5.40. The molecule has 0 atom stereocenters. The number of hydrogen-bond acceptors (Lipinski definition) is 2. The van der Waals surface area contributed by atoms with E-state index in [1.54, 1.807) is 6.92 Å². The zero-order valence-corrected chi connectivity index (χ0v) is 10.9. The third-order valence-electron chi connectivity index (χ3n) is 1.52. The highest BCUT2D eigenvalue weighted by Gasteiger charge is 1.96. The average molecular weight is 239 g/mol. The molecule has 1 aromatic rings. The van der Waals surface area contributed by atoms with Gasteiger partial charge in [-0.1, -0.05) is 44.2 Å². The molecule has 0 bridgehead atoms. The summed E-state index contributed by atoms with van der Waals surface area (Å²) in [5.41, 5.74) is 12.6. The van der Waals surface area contributed by atoms with Gasteiger partial charge in [0.2, 0.25) is 0 Å². The van der Waals surface area contributed by atoms with Crippen molar-refractivity contribution in [3.05, 3.63) is 42.1 Å². The Hall–Kier alpha value is -1.84. The molecule has 4 heteroatoms. The number of nitrogens with two attached hydrogens (primary N) is 2. The van der Waals surface area contributed by atoms with E-state index < -0.39 is 0 Å². The molecule has 0 spiro atoms. The SMILES string of the molecule is CC.CC(N)=N/C(=C\N)c1ccccc1.CF. The smallest absolute Gasteiger partial charge is 0.0965 e. The number of benzene rings is 1. The Kier molecular flexibility index (Phi) is 12.6. The number of nitrogens with zero attached hydrogens (tertiary/aromatic N) is 1. The van der Waals surface area contributed by atoms with Crippen LogP contribution in [0.15, 0.2) is 41.5 Å². The van der Waals surface area contributed by atoms with Crippen LogP contribution in [0.1, 0.15) is 26.3 Å². The maximum absolute atomic E-state index is 9.50. The zero-order chi connectivity index (χ0) is 13.7. The van der Waals surface area contributed by atoms with Crippen LogP contribution in [0.5, 0.6) is 0 Å². The van der Waals surface area contributed by atoms with Crippen molar-refractivity contribution in [1.82, 2.24) is 0 Å². The van der Waals surface area contributed by atoms with E-state index in [0.717, 1.165) is 5.56 Å². The molecule has 0 amide bonds. The highest BCUT2D eigenvalue weighted by Crippen LogP contribution is 2.13. The molecule has 96 valence electrons. The molecule has 0 heterocycles. The van der Waals surface area contributed by atoms with Crippen molar-refractivity contribution >= 4 is 11.5 Å². The topological polar surface area (TPSA) is 64.4 Å². The van der Waals surface area contributed by atoms with Gasteiger partial charge in [0.15, 0.2) is 0 Å². The first-order valence-corrected chi connectivity index (χ1v) is 5.40. The lowest BCUT2D eigenvalue weighted by Gasteiger charge is -2.00. The van der Waals surface area contributed by atoms with Crippen LogP contribution in [0, 0.1) is 0 Å². The van der Waals surface area contributed by atoms with Crippen LogP contribution < -0.4 is 11.5 Å². The lowest BCUT2D eigenvalue weighted by Crippen LogP contribution is -2.05. The summed E-state index contributed by atoms with van der Waals surface area (Å²) in [4.78, 5) is 4.10. The van der Waals surface area contributed by atoms with E-state index in [-0.39, 0.29) is 0 Å². The van der Waals surface area contributed by atoms with Crippen LogP contribution in [0.4, 0.5) is 4.39 Å². The Labute approximate surface area is 103 Å². The summed E-state index contributed by atoms with van der Waals surface area (Å²) in [7, 11) is 0.500.